The summed E-state index contributed by atoms with van der Waals surface area (Å²) in [7, 11) is 0. The highest BCUT2D eigenvalue weighted by molar-refractivity contribution is 8.18. The van der Waals surface area contributed by atoms with Crippen molar-refractivity contribution >= 4 is 52.2 Å². The number of carbonyl (C=O) groups excluding carboxylic acids is 3. The summed E-state index contributed by atoms with van der Waals surface area (Å²) in [6, 6.07) is 21.5. The average molecular weight is 493 g/mol. The Morgan fingerprint density at radius 1 is 1.06 bits per heavy atom. The van der Waals surface area contributed by atoms with Crippen LogP contribution < -0.4 is 10.1 Å². The van der Waals surface area contributed by atoms with Crippen molar-refractivity contribution < 1.29 is 19.1 Å². The maximum atomic E-state index is 12.8. The third-order valence-corrected chi connectivity index (χ3v) is 6.19. The van der Waals surface area contributed by atoms with E-state index in [9.17, 15) is 14.4 Å². The molecular weight excluding hydrogens is 472 g/mol. The zero-order valence-corrected chi connectivity index (χ0v) is 19.9. The van der Waals surface area contributed by atoms with Crippen molar-refractivity contribution in [2.75, 3.05) is 11.9 Å². The van der Waals surface area contributed by atoms with Gasteiger partial charge in [-0.2, -0.15) is 0 Å². The van der Waals surface area contributed by atoms with Crippen molar-refractivity contribution in [1.29, 1.82) is 0 Å². The molecule has 0 unspecified atom stereocenters. The van der Waals surface area contributed by atoms with E-state index in [-0.39, 0.29) is 30.2 Å². The summed E-state index contributed by atoms with van der Waals surface area (Å²) in [4.78, 5) is 39.0. The van der Waals surface area contributed by atoms with Crippen molar-refractivity contribution in [3.05, 3.63) is 99.4 Å². The van der Waals surface area contributed by atoms with Crippen molar-refractivity contribution in [2.24, 2.45) is 0 Å². The number of nitrogens with zero attached hydrogens (tertiary/aromatic N) is 1. The minimum absolute atomic E-state index is 0.154. The summed E-state index contributed by atoms with van der Waals surface area (Å²) in [5, 5.41) is 3.03. The fourth-order valence-corrected chi connectivity index (χ4v) is 4.40. The van der Waals surface area contributed by atoms with Crippen LogP contribution in [0, 0.1) is 6.92 Å². The number of aryl methyl sites for hydroxylation is 1. The van der Waals surface area contributed by atoms with E-state index in [0.717, 1.165) is 28.6 Å². The first-order valence-electron chi connectivity index (χ1n) is 10.5. The summed E-state index contributed by atoms with van der Waals surface area (Å²) in [6.07, 6.45) is 1.64. The quantitative estimate of drug-likeness (QED) is 0.415. The van der Waals surface area contributed by atoms with Gasteiger partial charge in [0, 0.05) is 10.7 Å². The number of hydrogen-bond acceptors (Lipinski definition) is 5. The van der Waals surface area contributed by atoms with Crippen molar-refractivity contribution in [1.82, 2.24) is 4.90 Å². The number of hydrogen-bond donors (Lipinski definition) is 1. The monoisotopic (exact) mass is 492 g/mol. The summed E-state index contributed by atoms with van der Waals surface area (Å²) in [6.45, 7) is 1.91. The Hall–Kier alpha value is -3.55. The molecule has 1 fully saturated rings. The third kappa shape index (κ3) is 5.87. The van der Waals surface area contributed by atoms with Gasteiger partial charge in [-0.15, -0.1) is 0 Å². The molecule has 0 atom stereocenters. The lowest BCUT2D eigenvalue weighted by molar-refractivity contribution is -0.123. The molecule has 6 nitrogen and oxygen atoms in total. The van der Waals surface area contributed by atoms with Gasteiger partial charge in [0.05, 0.1) is 11.4 Å². The van der Waals surface area contributed by atoms with Crippen LogP contribution in [0.4, 0.5) is 10.5 Å². The third-order valence-electron chi connectivity index (χ3n) is 5.05. The topological polar surface area (TPSA) is 75.7 Å². The van der Waals surface area contributed by atoms with Crippen molar-refractivity contribution in [2.45, 2.75) is 13.5 Å². The van der Waals surface area contributed by atoms with Crippen LogP contribution in [0.5, 0.6) is 5.75 Å². The first-order chi connectivity index (χ1) is 16.4. The van der Waals surface area contributed by atoms with E-state index in [1.54, 1.807) is 48.5 Å². The van der Waals surface area contributed by atoms with Crippen LogP contribution in [0.2, 0.25) is 5.02 Å². The molecule has 0 spiro atoms. The second kappa shape index (κ2) is 10.6. The standard InChI is InChI=1S/C26H21ClN2O4S/c1-17-6-2-3-11-22(17)28-24(30)16-33-21-10-5-7-18(13-21)14-23-25(31)29(26(32)34-23)15-19-8-4-9-20(27)12-19/h2-14H,15-16H2,1H3,(H,28,30)/b23-14-. The molecule has 0 aliphatic carbocycles. The maximum Gasteiger partial charge on any atom is 0.293 e. The Kier molecular flexibility index (Phi) is 7.35. The van der Waals surface area contributed by atoms with Crippen LogP contribution in [0.15, 0.2) is 77.7 Å². The Morgan fingerprint density at radius 2 is 1.85 bits per heavy atom. The molecule has 1 aliphatic rings. The summed E-state index contributed by atoms with van der Waals surface area (Å²) >= 11 is 6.89. The van der Waals surface area contributed by atoms with E-state index in [0.29, 0.717) is 21.2 Å². The van der Waals surface area contributed by atoms with Crippen LogP contribution in [-0.4, -0.2) is 28.6 Å². The molecule has 0 bridgehead atoms. The molecule has 1 aliphatic heterocycles. The minimum Gasteiger partial charge on any atom is -0.484 e. The Morgan fingerprint density at radius 3 is 2.65 bits per heavy atom. The Balaban J connectivity index is 1.40. The maximum absolute atomic E-state index is 12.8. The molecule has 0 radical (unpaired) electrons. The fourth-order valence-electron chi connectivity index (χ4n) is 3.35. The molecule has 0 aromatic heterocycles. The smallest absolute Gasteiger partial charge is 0.293 e. The predicted molar refractivity (Wildman–Crippen MR) is 135 cm³/mol. The largest absolute Gasteiger partial charge is 0.484 e. The van der Waals surface area contributed by atoms with Gasteiger partial charge >= 0.3 is 0 Å². The highest BCUT2D eigenvalue weighted by Gasteiger charge is 2.35. The van der Waals surface area contributed by atoms with Crippen molar-refractivity contribution in [3.8, 4) is 5.75 Å². The molecule has 3 aromatic carbocycles. The van der Waals surface area contributed by atoms with E-state index in [2.05, 4.69) is 5.32 Å². The first-order valence-corrected chi connectivity index (χ1v) is 11.7. The molecule has 4 rings (SSSR count). The zero-order valence-electron chi connectivity index (χ0n) is 18.3. The number of halogens is 1. The van der Waals surface area contributed by atoms with Gasteiger partial charge in [0.2, 0.25) is 0 Å². The van der Waals surface area contributed by atoms with Crippen LogP contribution >= 0.6 is 23.4 Å². The minimum atomic E-state index is -0.362. The molecule has 1 N–H and O–H groups in total. The van der Waals surface area contributed by atoms with E-state index < -0.39 is 0 Å². The van der Waals surface area contributed by atoms with E-state index in [4.69, 9.17) is 16.3 Å². The van der Waals surface area contributed by atoms with Gasteiger partial charge in [0.15, 0.2) is 6.61 Å². The van der Waals surface area contributed by atoms with Crippen LogP contribution in [-0.2, 0) is 16.1 Å². The Bertz CT molecular complexity index is 1290. The predicted octanol–water partition coefficient (Wildman–Crippen LogP) is 5.90. The van der Waals surface area contributed by atoms with Gasteiger partial charge in [-0.3, -0.25) is 19.3 Å². The van der Waals surface area contributed by atoms with Crippen LogP contribution in [0.1, 0.15) is 16.7 Å². The van der Waals surface area contributed by atoms with Gasteiger partial charge in [0.1, 0.15) is 5.75 Å². The Labute approximate surface area is 206 Å². The normalized spacial score (nSPS) is 14.5. The molecule has 34 heavy (non-hydrogen) atoms. The van der Waals surface area contributed by atoms with Crippen LogP contribution in [0.25, 0.3) is 6.08 Å². The summed E-state index contributed by atoms with van der Waals surface area (Å²) < 4.78 is 5.62. The number of amides is 3. The fraction of sp³-hybridized carbons (Fsp3) is 0.115. The van der Waals surface area contributed by atoms with Gasteiger partial charge in [-0.25, -0.2) is 0 Å². The number of nitrogens with one attached hydrogen (secondary N) is 1. The number of para-hydroxylation sites is 1. The highest BCUT2D eigenvalue weighted by atomic mass is 35.5. The second-order valence-corrected chi connectivity index (χ2v) is 9.05. The van der Waals surface area contributed by atoms with E-state index >= 15 is 0 Å². The molecule has 172 valence electrons. The molecule has 3 aromatic rings. The first kappa shape index (κ1) is 23.6. The number of imide groups is 1. The molecule has 3 amide bonds. The number of ether oxygens (including phenoxy) is 1. The van der Waals surface area contributed by atoms with Crippen molar-refractivity contribution in [3.63, 3.8) is 0 Å². The lowest BCUT2D eigenvalue weighted by atomic mass is 10.2. The van der Waals surface area contributed by atoms with Crippen LogP contribution in [0.3, 0.4) is 0 Å². The van der Waals surface area contributed by atoms with Gasteiger partial charge < -0.3 is 10.1 Å². The second-order valence-electron chi connectivity index (χ2n) is 7.62. The highest BCUT2D eigenvalue weighted by Crippen LogP contribution is 2.34. The lowest BCUT2D eigenvalue weighted by Gasteiger charge is -2.12. The number of benzene rings is 3. The molecule has 1 saturated heterocycles. The van der Waals surface area contributed by atoms with Gasteiger partial charge in [-0.1, -0.05) is 54.1 Å². The SMILES string of the molecule is Cc1ccccc1NC(=O)COc1cccc(/C=C2\SC(=O)N(Cc3cccc(Cl)c3)C2=O)c1. The van der Waals surface area contributed by atoms with E-state index in [1.165, 1.54) is 4.90 Å². The number of rotatable bonds is 7. The van der Waals surface area contributed by atoms with Gasteiger partial charge in [0.25, 0.3) is 17.1 Å². The average Bonchev–Trinajstić information content (AvgIpc) is 3.07. The molecule has 8 heteroatoms. The molecule has 1 heterocycles. The van der Waals surface area contributed by atoms with Gasteiger partial charge in [-0.05, 0) is 71.8 Å². The van der Waals surface area contributed by atoms with E-state index in [1.807, 2.05) is 37.3 Å². The summed E-state index contributed by atoms with van der Waals surface area (Å²) in [5.74, 6) is -0.160. The zero-order chi connectivity index (χ0) is 24.1. The number of carbonyl (C=O) groups is 3. The number of thioether (sulfide) groups is 1. The molecular formula is C26H21ClN2O4S. The summed E-state index contributed by atoms with van der Waals surface area (Å²) in [5.41, 5.74) is 3.15. The number of anilines is 1. The molecule has 0 saturated carbocycles. The lowest BCUT2D eigenvalue weighted by Crippen LogP contribution is -2.27.